The van der Waals surface area contributed by atoms with Gasteiger partial charge in [0.1, 0.15) is 0 Å². The Morgan fingerprint density at radius 2 is 2.88 bits per heavy atom. The lowest BCUT2D eigenvalue weighted by atomic mass is 10.6. The number of alkyl halides is 1. The van der Waals surface area contributed by atoms with Crippen LogP contribution >= 0.6 is 23.2 Å². The van der Waals surface area contributed by atoms with Crippen molar-refractivity contribution < 1.29 is 0 Å². The van der Waals surface area contributed by atoms with Gasteiger partial charge in [0.15, 0.2) is 0 Å². The first kappa shape index (κ1) is 3.96. The van der Waals surface area contributed by atoms with E-state index in [0.717, 1.165) is 0 Å². The Morgan fingerprint density at radius 3 is 3.12 bits per heavy atom. The molecular formula is C5H8ClNS. The van der Waals surface area contributed by atoms with Gasteiger partial charge in [0.25, 0.3) is 0 Å². The van der Waals surface area contributed by atoms with Crippen LogP contribution in [0.1, 0.15) is 6.92 Å². The van der Waals surface area contributed by atoms with E-state index >= 15 is 0 Å². The normalized spacial score (nSPS) is 32.2. The highest BCUT2D eigenvalue weighted by atomic mass is 35.5. The zero-order valence-electron chi connectivity index (χ0n) is 6.52. The summed E-state index contributed by atoms with van der Waals surface area (Å²) in [7, 11) is 0. The van der Waals surface area contributed by atoms with Gasteiger partial charge in [-0.05, 0) is 12.3 Å². The summed E-state index contributed by atoms with van der Waals surface area (Å²) in [6.07, 6.45) is 0. The van der Waals surface area contributed by atoms with Gasteiger partial charge in [-0.2, -0.15) is 0 Å². The average Bonchev–Trinajstić information content (AvgIpc) is 2.08. The maximum atomic E-state index is 7.41. The molecule has 0 unspecified atom stereocenters. The summed E-state index contributed by atoms with van der Waals surface area (Å²) in [4.78, 5) is 3.97. The lowest BCUT2D eigenvalue weighted by Gasteiger charge is -1.83. The molecule has 46 valence electrons. The average molecular weight is 152 g/mol. The third-order valence-corrected chi connectivity index (χ3v) is 1.90. The Balaban J connectivity index is 2.88. The van der Waals surface area contributed by atoms with Crippen molar-refractivity contribution in [3.63, 3.8) is 0 Å². The molecule has 0 saturated heterocycles. The smallest absolute Gasteiger partial charge is 0.0895 e. The second kappa shape index (κ2) is 2.55. The third kappa shape index (κ3) is 1.26. The number of halogens is 1. The summed E-state index contributed by atoms with van der Waals surface area (Å²) in [6.45, 7) is 1.70. The molecule has 0 aliphatic carbocycles. The standard InChI is InChI=1S/C5H8ClNS/c1-4-7-5(2-6)3-8-4/h3H,2,8H2,1H3/i8D2. The summed E-state index contributed by atoms with van der Waals surface area (Å²) in [5.74, 6) is 0.309. The van der Waals surface area contributed by atoms with Crippen LogP contribution in [0.15, 0.2) is 16.1 Å². The van der Waals surface area contributed by atoms with Gasteiger partial charge in [-0.1, -0.05) is 0 Å². The van der Waals surface area contributed by atoms with E-state index in [9.17, 15) is 0 Å². The molecule has 0 aromatic carbocycles. The second-order valence-electron chi connectivity index (χ2n) is 1.49. The Bertz CT molecular complexity index is 212. The molecule has 0 aromatic rings. The van der Waals surface area contributed by atoms with Crippen molar-refractivity contribution in [2.75, 3.05) is 5.88 Å². The minimum atomic E-state index is -2.18. The molecule has 1 rings (SSSR count). The lowest BCUT2D eigenvalue weighted by Crippen LogP contribution is -1.75. The van der Waals surface area contributed by atoms with Crippen LogP contribution in [0, 0.1) is 0 Å². The topological polar surface area (TPSA) is 12.4 Å². The summed E-state index contributed by atoms with van der Waals surface area (Å²) >= 11 is 3.29. The Hall–Kier alpha value is 0.0500. The van der Waals surface area contributed by atoms with Gasteiger partial charge in [0, 0.05) is 0 Å². The number of allylic oxidation sites excluding steroid dienone is 1. The predicted molar refractivity (Wildman–Crippen MR) is 42.3 cm³/mol. The fourth-order valence-electron chi connectivity index (χ4n) is 0.470. The zero-order valence-corrected chi connectivity index (χ0v) is 6.09. The van der Waals surface area contributed by atoms with Crippen molar-refractivity contribution in [1.29, 1.82) is 2.25 Å². The van der Waals surface area contributed by atoms with Crippen LogP contribution in [-0.2, 0) is 0 Å². The summed E-state index contributed by atoms with van der Waals surface area (Å²) in [6, 6.07) is 0. The molecule has 1 aliphatic heterocycles. The molecular weight excluding hydrogens is 142 g/mol. The van der Waals surface area contributed by atoms with E-state index in [0.29, 0.717) is 16.6 Å². The monoisotopic (exact) mass is 151 g/mol. The van der Waals surface area contributed by atoms with E-state index in [-0.39, 0.29) is 0 Å². The number of hydrogen-bond acceptors (Lipinski definition) is 1. The Kier molecular flexibility index (Phi) is 1.27. The fraction of sp³-hybridized carbons (Fsp3) is 0.400. The Morgan fingerprint density at radius 1 is 2.12 bits per heavy atom. The quantitative estimate of drug-likeness (QED) is 0.506. The molecule has 1 heterocycles. The van der Waals surface area contributed by atoms with Gasteiger partial charge < -0.3 is 0 Å². The first-order chi connectivity index (χ1) is 4.56. The molecule has 1 nitrogen and oxygen atoms in total. The minimum absolute atomic E-state index is 0.309. The van der Waals surface area contributed by atoms with Crippen LogP contribution in [0.2, 0.25) is 0 Å². The maximum Gasteiger partial charge on any atom is 0.0895 e. The van der Waals surface area contributed by atoms with Crippen LogP contribution in [0.3, 0.4) is 0 Å². The fourth-order valence-corrected chi connectivity index (χ4v) is 1.31. The molecule has 0 atom stereocenters. The largest absolute Gasteiger partial charge is 0.251 e. The summed E-state index contributed by atoms with van der Waals surface area (Å²) < 4.78 is 14.8. The van der Waals surface area contributed by atoms with E-state index in [2.05, 4.69) is 4.99 Å². The van der Waals surface area contributed by atoms with E-state index < -0.39 is 11.6 Å². The van der Waals surface area contributed by atoms with E-state index in [4.69, 9.17) is 13.8 Å². The van der Waals surface area contributed by atoms with Gasteiger partial charge in [-0.15, -0.1) is 11.6 Å². The SMILES string of the molecule is [2H]S1([2H])C=C(CCl)N=C1C. The molecule has 1 aliphatic rings. The molecule has 0 radical (unpaired) electrons. The molecule has 0 aromatic heterocycles. The van der Waals surface area contributed by atoms with Crippen LogP contribution in [-0.4, -0.2) is 13.2 Å². The van der Waals surface area contributed by atoms with Crippen molar-refractivity contribution in [3.8, 4) is 0 Å². The van der Waals surface area contributed by atoms with Crippen LogP contribution in [0.4, 0.5) is 0 Å². The van der Waals surface area contributed by atoms with Gasteiger partial charge in [0.2, 0.25) is 0 Å². The van der Waals surface area contributed by atoms with E-state index in [1.807, 2.05) is 0 Å². The molecule has 0 spiro atoms. The van der Waals surface area contributed by atoms with Gasteiger partial charge >= 0.3 is 0 Å². The van der Waals surface area contributed by atoms with Crippen LogP contribution < -0.4 is 0 Å². The van der Waals surface area contributed by atoms with Crippen molar-refractivity contribution >= 4 is 28.2 Å². The zero-order chi connectivity index (χ0) is 7.78. The number of rotatable bonds is 1. The minimum Gasteiger partial charge on any atom is -0.251 e. The first-order valence-corrected chi connectivity index (χ1v) is 3.71. The highest BCUT2D eigenvalue weighted by Gasteiger charge is 1.98. The highest BCUT2D eigenvalue weighted by Crippen LogP contribution is 2.19. The molecule has 0 bridgehead atoms. The summed E-state index contributed by atoms with van der Waals surface area (Å²) in [5.41, 5.74) is 0.666. The summed E-state index contributed by atoms with van der Waals surface area (Å²) in [5, 5.41) is 2.11. The number of aliphatic imine (C=N–C) groups is 1. The first-order valence-electron chi connectivity index (χ1n) is 3.11. The van der Waals surface area contributed by atoms with Crippen molar-refractivity contribution in [1.82, 2.24) is 0 Å². The van der Waals surface area contributed by atoms with Crippen molar-refractivity contribution in [3.05, 3.63) is 11.1 Å². The maximum absolute atomic E-state index is 7.41. The van der Waals surface area contributed by atoms with Crippen molar-refractivity contribution in [2.45, 2.75) is 6.92 Å². The number of hydrogen-bond donors (Lipinski definition) is 0. The van der Waals surface area contributed by atoms with Crippen molar-refractivity contribution in [2.24, 2.45) is 4.99 Å². The molecule has 0 N–H and O–H groups in total. The molecule has 0 amide bonds. The molecule has 8 heavy (non-hydrogen) atoms. The lowest BCUT2D eigenvalue weighted by molar-refractivity contribution is 1.34. The highest BCUT2D eigenvalue weighted by molar-refractivity contribution is 8.16. The van der Waals surface area contributed by atoms with Gasteiger partial charge in [-0.25, -0.2) is 11.6 Å². The van der Waals surface area contributed by atoms with E-state index in [1.165, 1.54) is 5.41 Å². The predicted octanol–water partition coefficient (Wildman–Crippen LogP) is 1.70. The van der Waals surface area contributed by atoms with E-state index in [1.54, 1.807) is 6.92 Å². The van der Waals surface area contributed by atoms with Crippen LogP contribution in [0.25, 0.3) is 0 Å². The third-order valence-electron chi connectivity index (χ3n) is 0.803. The second-order valence-corrected chi connectivity index (χ2v) is 2.82. The Labute approximate surface area is 60.0 Å². The molecule has 0 fully saturated rings. The van der Waals surface area contributed by atoms with Gasteiger partial charge in [0.05, 0.1) is 18.9 Å². The molecule has 3 heteroatoms. The van der Waals surface area contributed by atoms with Gasteiger partial charge in [-0.3, -0.25) is 4.99 Å². The number of nitrogens with zero attached hydrogens (tertiary/aromatic N) is 1. The molecule has 0 saturated carbocycles. The van der Waals surface area contributed by atoms with Crippen LogP contribution in [0.5, 0.6) is 0 Å².